The topological polar surface area (TPSA) is 26.0 Å². The van der Waals surface area contributed by atoms with Crippen molar-refractivity contribution in [2.75, 3.05) is 0 Å². The maximum Gasteiger partial charge on any atom is 0.0303 e. The zero-order chi connectivity index (χ0) is 13.0. The van der Waals surface area contributed by atoms with E-state index in [1.807, 2.05) is 0 Å². The third kappa shape index (κ3) is 3.52. The summed E-state index contributed by atoms with van der Waals surface area (Å²) in [5, 5.41) is 0.791. The summed E-state index contributed by atoms with van der Waals surface area (Å²) >= 11 is 2.06. The Kier molecular flexibility index (Phi) is 5.13. The summed E-state index contributed by atoms with van der Waals surface area (Å²) in [6.07, 6.45) is 6.54. The van der Waals surface area contributed by atoms with Crippen molar-refractivity contribution in [1.82, 2.24) is 0 Å². The molecular formula is C16H25NS. The van der Waals surface area contributed by atoms with Crippen LogP contribution in [0.3, 0.4) is 0 Å². The van der Waals surface area contributed by atoms with Crippen LogP contribution < -0.4 is 5.73 Å². The van der Waals surface area contributed by atoms with Gasteiger partial charge in [0.05, 0.1) is 0 Å². The first kappa shape index (κ1) is 14.0. The molecule has 0 radical (unpaired) electrons. The summed E-state index contributed by atoms with van der Waals surface area (Å²) in [6.45, 7) is 4.55. The van der Waals surface area contributed by atoms with E-state index >= 15 is 0 Å². The van der Waals surface area contributed by atoms with Crippen molar-refractivity contribution in [3.05, 3.63) is 29.8 Å². The zero-order valence-corrected chi connectivity index (χ0v) is 12.4. The molecule has 2 heteroatoms. The van der Waals surface area contributed by atoms with Crippen molar-refractivity contribution in [2.24, 2.45) is 11.7 Å². The van der Waals surface area contributed by atoms with E-state index in [1.54, 1.807) is 0 Å². The molecule has 0 amide bonds. The molecule has 1 aliphatic rings. The van der Waals surface area contributed by atoms with Gasteiger partial charge in [-0.15, -0.1) is 11.8 Å². The van der Waals surface area contributed by atoms with Crippen LogP contribution in [0, 0.1) is 5.92 Å². The summed E-state index contributed by atoms with van der Waals surface area (Å²) in [6, 6.07) is 8.88. The van der Waals surface area contributed by atoms with Crippen molar-refractivity contribution >= 4 is 11.8 Å². The van der Waals surface area contributed by atoms with Crippen molar-refractivity contribution in [2.45, 2.75) is 62.1 Å². The lowest BCUT2D eigenvalue weighted by molar-refractivity contribution is 0.394. The Bertz CT molecular complexity index is 377. The molecule has 3 atom stereocenters. The Labute approximate surface area is 116 Å². The molecule has 2 rings (SSSR count). The summed E-state index contributed by atoms with van der Waals surface area (Å²) in [5.41, 5.74) is 7.55. The third-order valence-electron chi connectivity index (χ3n) is 3.94. The van der Waals surface area contributed by atoms with E-state index in [0.717, 1.165) is 17.6 Å². The number of benzene rings is 1. The van der Waals surface area contributed by atoms with E-state index in [0.29, 0.717) is 0 Å². The Morgan fingerprint density at radius 3 is 2.83 bits per heavy atom. The van der Waals surface area contributed by atoms with Crippen LogP contribution in [-0.4, -0.2) is 5.25 Å². The molecular weight excluding hydrogens is 238 g/mol. The van der Waals surface area contributed by atoms with Gasteiger partial charge in [-0.25, -0.2) is 0 Å². The predicted molar refractivity (Wildman–Crippen MR) is 80.9 cm³/mol. The highest BCUT2D eigenvalue weighted by Gasteiger charge is 2.21. The Morgan fingerprint density at radius 1 is 1.33 bits per heavy atom. The van der Waals surface area contributed by atoms with E-state index in [9.17, 15) is 0 Å². The highest BCUT2D eigenvalue weighted by atomic mass is 32.2. The summed E-state index contributed by atoms with van der Waals surface area (Å²) in [5.74, 6) is 0.892. The van der Waals surface area contributed by atoms with E-state index in [1.165, 1.54) is 36.1 Å². The van der Waals surface area contributed by atoms with Gasteiger partial charge in [0.2, 0.25) is 0 Å². The highest BCUT2D eigenvalue weighted by Crippen LogP contribution is 2.38. The molecule has 0 spiro atoms. The van der Waals surface area contributed by atoms with Crippen LogP contribution in [0.15, 0.2) is 29.2 Å². The predicted octanol–water partition coefficient (Wildman–Crippen LogP) is 4.77. The van der Waals surface area contributed by atoms with Crippen molar-refractivity contribution in [3.63, 3.8) is 0 Å². The molecule has 1 aromatic rings. The molecule has 2 unspecified atom stereocenters. The Morgan fingerprint density at radius 2 is 2.11 bits per heavy atom. The molecule has 1 saturated carbocycles. The summed E-state index contributed by atoms with van der Waals surface area (Å²) in [4.78, 5) is 1.41. The Balaban J connectivity index is 2.08. The number of hydrogen-bond donors (Lipinski definition) is 1. The lowest BCUT2D eigenvalue weighted by Gasteiger charge is -2.27. The Hall–Kier alpha value is -0.470. The van der Waals surface area contributed by atoms with Gasteiger partial charge in [-0.1, -0.05) is 44.9 Å². The number of hydrogen-bond acceptors (Lipinski definition) is 2. The zero-order valence-electron chi connectivity index (χ0n) is 11.6. The quantitative estimate of drug-likeness (QED) is 0.847. The smallest absolute Gasteiger partial charge is 0.0303 e. The van der Waals surface area contributed by atoms with E-state index < -0.39 is 0 Å². The summed E-state index contributed by atoms with van der Waals surface area (Å²) in [7, 11) is 0. The molecule has 0 bridgehead atoms. The molecule has 1 nitrogen and oxygen atoms in total. The second-order valence-electron chi connectivity index (χ2n) is 5.56. The van der Waals surface area contributed by atoms with Gasteiger partial charge in [-0.05, 0) is 36.8 Å². The van der Waals surface area contributed by atoms with E-state index in [2.05, 4.69) is 49.9 Å². The molecule has 0 saturated heterocycles. The van der Waals surface area contributed by atoms with Crippen LogP contribution in [0.2, 0.25) is 0 Å². The minimum atomic E-state index is 0.190. The fourth-order valence-corrected chi connectivity index (χ4v) is 4.36. The third-order valence-corrected chi connectivity index (χ3v) is 5.33. The van der Waals surface area contributed by atoms with Gasteiger partial charge in [0.1, 0.15) is 0 Å². The fraction of sp³-hybridized carbons (Fsp3) is 0.625. The van der Waals surface area contributed by atoms with Crippen LogP contribution in [0.5, 0.6) is 0 Å². The van der Waals surface area contributed by atoms with Crippen molar-refractivity contribution in [1.29, 1.82) is 0 Å². The van der Waals surface area contributed by atoms with E-state index in [4.69, 9.17) is 5.73 Å². The minimum Gasteiger partial charge on any atom is -0.324 e. The molecule has 0 aliphatic heterocycles. The minimum absolute atomic E-state index is 0.190. The maximum atomic E-state index is 6.21. The fourth-order valence-electron chi connectivity index (χ4n) is 2.78. The maximum absolute atomic E-state index is 6.21. The molecule has 1 aliphatic carbocycles. The molecule has 1 fully saturated rings. The number of thioether (sulfide) groups is 1. The van der Waals surface area contributed by atoms with Crippen molar-refractivity contribution < 1.29 is 0 Å². The largest absolute Gasteiger partial charge is 0.324 e. The SMILES string of the molecule is CC[C@H](N)c1ccccc1SC1CCCC(C)C1. The van der Waals surface area contributed by atoms with Gasteiger partial charge >= 0.3 is 0 Å². The number of rotatable bonds is 4. The van der Waals surface area contributed by atoms with Gasteiger partial charge in [0.15, 0.2) is 0 Å². The van der Waals surface area contributed by atoms with Gasteiger partial charge in [-0.2, -0.15) is 0 Å². The molecule has 0 heterocycles. The van der Waals surface area contributed by atoms with Gasteiger partial charge < -0.3 is 5.73 Å². The second kappa shape index (κ2) is 6.63. The molecule has 2 N–H and O–H groups in total. The molecule has 1 aromatic carbocycles. The average Bonchev–Trinajstić information content (AvgIpc) is 2.38. The van der Waals surface area contributed by atoms with Gasteiger partial charge in [0, 0.05) is 16.2 Å². The van der Waals surface area contributed by atoms with Crippen molar-refractivity contribution in [3.8, 4) is 0 Å². The number of nitrogens with two attached hydrogens (primary N) is 1. The molecule has 18 heavy (non-hydrogen) atoms. The lowest BCUT2D eigenvalue weighted by Crippen LogP contribution is -2.16. The first-order valence-corrected chi connectivity index (χ1v) is 8.09. The first-order valence-electron chi connectivity index (χ1n) is 7.21. The van der Waals surface area contributed by atoms with Gasteiger partial charge in [0.25, 0.3) is 0 Å². The molecule has 0 aromatic heterocycles. The summed E-state index contributed by atoms with van der Waals surface area (Å²) < 4.78 is 0. The van der Waals surface area contributed by atoms with Crippen LogP contribution in [0.25, 0.3) is 0 Å². The van der Waals surface area contributed by atoms with E-state index in [-0.39, 0.29) is 6.04 Å². The van der Waals surface area contributed by atoms with Crippen LogP contribution in [0.1, 0.15) is 57.6 Å². The van der Waals surface area contributed by atoms with Crippen LogP contribution >= 0.6 is 11.8 Å². The second-order valence-corrected chi connectivity index (χ2v) is 6.91. The highest BCUT2D eigenvalue weighted by molar-refractivity contribution is 8.00. The normalized spacial score (nSPS) is 25.9. The van der Waals surface area contributed by atoms with Crippen LogP contribution in [0.4, 0.5) is 0 Å². The standard InChI is InChI=1S/C16H25NS/c1-3-15(17)14-9-4-5-10-16(14)18-13-8-6-7-12(2)11-13/h4-5,9-10,12-13,15H,3,6-8,11,17H2,1-2H3/t12?,13?,15-/m0/s1. The van der Waals surface area contributed by atoms with Crippen LogP contribution in [-0.2, 0) is 0 Å². The molecule has 100 valence electrons. The first-order chi connectivity index (χ1) is 8.70. The van der Waals surface area contributed by atoms with Gasteiger partial charge in [-0.3, -0.25) is 0 Å². The monoisotopic (exact) mass is 263 g/mol. The average molecular weight is 263 g/mol. The lowest BCUT2D eigenvalue weighted by atomic mass is 9.91.